The van der Waals surface area contributed by atoms with E-state index in [2.05, 4.69) is 10.3 Å². The van der Waals surface area contributed by atoms with Gasteiger partial charge in [0.1, 0.15) is 11.6 Å². The number of anilines is 2. The average Bonchev–Trinajstić information content (AvgIpc) is 2.64. The van der Waals surface area contributed by atoms with E-state index in [4.69, 9.17) is 11.5 Å². The standard InChI is InChI=1S/C21H24F2N4/c1-3-14(7-8-24)27-21-15-10-18(25)26-11-13(15)9-16(20(21)23)19-12(2)5-4-6-17(19)22/h4-6,9-11,14,27H,3,7-8,24H2,1-2H3,(H2,25,26). The van der Waals surface area contributed by atoms with Crippen molar-refractivity contribution in [1.82, 2.24) is 4.98 Å². The van der Waals surface area contributed by atoms with E-state index >= 15 is 4.39 Å². The summed E-state index contributed by atoms with van der Waals surface area (Å²) in [5.74, 6) is -0.667. The molecule has 0 bridgehead atoms. The minimum absolute atomic E-state index is 0.000873. The van der Waals surface area contributed by atoms with Crippen molar-refractivity contribution in [3.8, 4) is 11.1 Å². The number of aryl methyl sites for hydroxylation is 1. The van der Waals surface area contributed by atoms with Crippen LogP contribution in [0.15, 0.2) is 36.5 Å². The first-order valence-electron chi connectivity index (χ1n) is 9.06. The first-order valence-corrected chi connectivity index (χ1v) is 9.06. The topological polar surface area (TPSA) is 77.0 Å². The summed E-state index contributed by atoms with van der Waals surface area (Å²) in [5, 5.41) is 4.56. The first kappa shape index (κ1) is 19.0. The van der Waals surface area contributed by atoms with Gasteiger partial charge in [-0.3, -0.25) is 0 Å². The minimum atomic E-state index is -0.503. The molecule has 1 atom stereocenters. The van der Waals surface area contributed by atoms with E-state index in [1.54, 1.807) is 37.4 Å². The molecule has 27 heavy (non-hydrogen) atoms. The van der Waals surface area contributed by atoms with Crippen LogP contribution in [0.4, 0.5) is 20.3 Å². The van der Waals surface area contributed by atoms with Crippen molar-refractivity contribution >= 4 is 22.3 Å². The minimum Gasteiger partial charge on any atom is -0.384 e. The largest absolute Gasteiger partial charge is 0.384 e. The molecule has 5 N–H and O–H groups in total. The molecule has 0 saturated carbocycles. The van der Waals surface area contributed by atoms with Crippen LogP contribution in [0, 0.1) is 18.6 Å². The Kier molecular flexibility index (Phi) is 5.56. The summed E-state index contributed by atoms with van der Waals surface area (Å²) in [4.78, 5) is 4.11. The molecule has 4 nitrogen and oxygen atoms in total. The number of pyridine rings is 1. The summed E-state index contributed by atoms with van der Waals surface area (Å²) in [7, 11) is 0. The van der Waals surface area contributed by atoms with Crippen LogP contribution in [0.3, 0.4) is 0 Å². The lowest BCUT2D eigenvalue weighted by Crippen LogP contribution is -2.23. The highest BCUT2D eigenvalue weighted by atomic mass is 19.1. The summed E-state index contributed by atoms with van der Waals surface area (Å²) >= 11 is 0. The zero-order valence-electron chi connectivity index (χ0n) is 15.5. The van der Waals surface area contributed by atoms with E-state index in [0.717, 1.165) is 6.42 Å². The van der Waals surface area contributed by atoms with E-state index in [1.165, 1.54) is 6.07 Å². The number of nitrogen functional groups attached to an aromatic ring is 1. The fraction of sp³-hybridized carbons (Fsp3) is 0.286. The second kappa shape index (κ2) is 7.88. The van der Waals surface area contributed by atoms with Gasteiger partial charge in [-0.2, -0.15) is 0 Å². The third-order valence-electron chi connectivity index (χ3n) is 4.83. The Hall–Kier alpha value is -2.73. The third-order valence-corrected chi connectivity index (χ3v) is 4.83. The number of fused-ring (bicyclic) bond motifs is 1. The Labute approximate surface area is 157 Å². The van der Waals surface area contributed by atoms with Crippen molar-refractivity contribution in [1.29, 1.82) is 0 Å². The summed E-state index contributed by atoms with van der Waals surface area (Å²) < 4.78 is 30.1. The lowest BCUT2D eigenvalue weighted by molar-refractivity contribution is 0.606. The fourth-order valence-electron chi connectivity index (χ4n) is 3.37. The van der Waals surface area contributed by atoms with Gasteiger partial charge in [-0.1, -0.05) is 19.1 Å². The molecule has 0 aliphatic heterocycles. The smallest absolute Gasteiger partial charge is 0.154 e. The number of aromatic nitrogens is 1. The average molecular weight is 370 g/mol. The van der Waals surface area contributed by atoms with Crippen LogP contribution in [0.25, 0.3) is 21.9 Å². The van der Waals surface area contributed by atoms with E-state index in [0.29, 0.717) is 40.8 Å². The van der Waals surface area contributed by atoms with Gasteiger partial charge in [0.15, 0.2) is 5.82 Å². The number of hydrogen-bond donors (Lipinski definition) is 3. The summed E-state index contributed by atoms with van der Waals surface area (Å²) in [5.41, 5.74) is 12.9. The van der Waals surface area contributed by atoms with Gasteiger partial charge in [0.05, 0.1) is 5.69 Å². The van der Waals surface area contributed by atoms with Crippen LogP contribution < -0.4 is 16.8 Å². The van der Waals surface area contributed by atoms with Gasteiger partial charge in [-0.25, -0.2) is 13.8 Å². The summed E-state index contributed by atoms with van der Waals surface area (Å²) in [6, 6.07) is 7.97. The van der Waals surface area contributed by atoms with Gasteiger partial charge < -0.3 is 16.8 Å². The Bertz CT molecular complexity index is 952. The molecule has 6 heteroatoms. The Balaban J connectivity index is 2.28. The molecule has 1 unspecified atom stereocenters. The second-order valence-corrected chi connectivity index (χ2v) is 6.70. The zero-order valence-corrected chi connectivity index (χ0v) is 15.5. The molecule has 3 rings (SSSR count). The Morgan fingerprint density at radius 2 is 2.00 bits per heavy atom. The fourth-order valence-corrected chi connectivity index (χ4v) is 3.37. The number of nitrogens with one attached hydrogen (secondary N) is 1. The van der Waals surface area contributed by atoms with Crippen molar-refractivity contribution in [3.05, 3.63) is 53.7 Å². The van der Waals surface area contributed by atoms with Crippen LogP contribution in [0.2, 0.25) is 0 Å². The number of nitrogens with zero attached hydrogens (tertiary/aromatic N) is 1. The van der Waals surface area contributed by atoms with Gasteiger partial charge in [0, 0.05) is 34.1 Å². The van der Waals surface area contributed by atoms with Crippen LogP contribution in [-0.2, 0) is 0 Å². The monoisotopic (exact) mass is 370 g/mol. The van der Waals surface area contributed by atoms with Crippen LogP contribution in [0.5, 0.6) is 0 Å². The SMILES string of the molecule is CCC(CCN)Nc1c(F)c(-c2c(C)cccc2F)cc2cnc(N)cc12. The molecule has 142 valence electrons. The van der Waals surface area contributed by atoms with E-state index in [1.807, 2.05) is 6.92 Å². The Morgan fingerprint density at radius 3 is 2.67 bits per heavy atom. The van der Waals surface area contributed by atoms with Crippen molar-refractivity contribution < 1.29 is 8.78 Å². The summed E-state index contributed by atoms with van der Waals surface area (Å²) in [6.45, 7) is 4.26. The molecule has 3 aromatic rings. The molecule has 0 spiro atoms. The maximum atomic E-state index is 15.6. The Morgan fingerprint density at radius 1 is 1.22 bits per heavy atom. The third kappa shape index (κ3) is 3.71. The van der Waals surface area contributed by atoms with Crippen molar-refractivity contribution in [2.75, 3.05) is 17.6 Å². The van der Waals surface area contributed by atoms with Gasteiger partial charge >= 0.3 is 0 Å². The maximum absolute atomic E-state index is 15.6. The van der Waals surface area contributed by atoms with Crippen LogP contribution in [0.1, 0.15) is 25.3 Å². The van der Waals surface area contributed by atoms with E-state index in [9.17, 15) is 4.39 Å². The quantitative estimate of drug-likeness (QED) is 0.592. The lowest BCUT2D eigenvalue weighted by Gasteiger charge is -2.21. The summed E-state index contributed by atoms with van der Waals surface area (Å²) in [6.07, 6.45) is 3.06. The van der Waals surface area contributed by atoms with Gasteiger partial charge in [-0.05, 0) is 50.1 Å². The van der Waals surface area contributed by atoms with E-state index < -0.39 is 11.6 Å². The van der Waals surface area contributed by atoms with Gasteiger partial charge in [0.2, 0.25) is 0 Å². The second-order valence-electron chi connectivity index (χ2n) is 6.70. The van der Waals surface area contributed by atoms with Crippen molar-refractivity contribution in [2.24, 2.45) is 5.73 Å². The molecule has 0 radical (unpaired) electrons. The van der Waals surface area contributed by atoms with Crippen molar-refractivity contribution in [3.63, 3.8) is 0 Å². The zero-order chi connectivity index (χ0) is 19.6. The normalized spacial score (nSPS) is 12.3. The highest BCUT2D eigenvalue weighted by Crippen LogP contribution is 2.38. The number of hydrogen-bond acceptors (Lipinski definition) is 4. The molecular weight excluding hydrogens is 346 g/mol. The van der Waals surface area contributed by atoms with Gasteiger partial charge in [-0.15, -0.1) is 0 Å². The lowest BCUT2D eigenvalue weighted by atomic mass is 9.95. The molecule has 0 amide bonds. The molecule has 0 fully saturated rings. The number of rotatable bonds is 6. The maximum Gasteiger partial charge on any atom is 0.154 e. The van der Waals surface area contributed by atoms with Crippen LogP contribution in [-0.4, -0.2) is 17.6 Å². The van der Waals surface area contributed by atoms with Crippen LogP contribution >= 0.6 is 0 Å². The number of nitrogens with two attached hydrogens (primary N) is 2. The number of benzene rings is 2. The predicted octanol–water partition coefficient (Wildman–Crippen LogP) is 4.61. The molecule has 0 aliphatic rings. The van der Waals surface area contributed by atoms with Crippen molar-refractivity contribution in [2.45, 2.75) is 32.7 Å². The number of halogens is 2. The molecule has 0 saturated heterocycles. The molecular formula is C21H24F2N4. The first-order chi connectivity index (χ1) is 13.0. The molecule has 1 aromatic heterocycles. The van der Waals surface area contributed by atoms with E-state index in [-0.39, 0.29) is 17.2 Å². The molecule has 1 heterocycles. The molecule has 0 aliphatic carbocycles. The predicted molar refractivity (Wildman–Crippen MR) is 108 cm³/mol. The van der Waals surface area contributed by atoms with Gasteiger partial charge in [0.25, 0.3) is 0 Å². The highest BCUT2D eigenvalue weighted by Gasteiger charge is 2.20. The highest BCUT2D eigenvalue weighted by molar-refractivity contribution is 5.99. The molecule has 2 aromatic carbocycles.